The standard InChI is InChI=1S/C14H21Cl2NO/c1-4-11(2)17(7-8-18-3)13-6-5-12(10-15)14(16)9-13/h5-6,9,11H,4,7-8,10H2,1-3H3. The molecule has 1 aromatic carbocycles. The van der Waals surface area contributed by atoms with Gasteiger partial charge in [-0.2, -0.15) is 0 Å². The topological polar surface area (TPSA) is 12.5 Å². The van der Waals surface area contributed by atoms with E-state index in [1.54, 1.807) is 7.11 Å². The highest BCUT2D eigenvalue weighted by Gasteiger charge is 2.13. The summed E-state index contributed by atoms with van der Waals surface area (Å²) in [6, 6.07) is 6.51. The first-order valence-corrected chi connectivity index (χ1v) is 7.15. The largest absolute Gasteiger partial charge is 0.383 e. The van der Waals surface area contributed by atoms with Crippen LogP contribution in [-0.4, -0.2) is 26.3 Å². The lowest BCUT2D eigenvalue weighted by atomic mass is 10.1. The van der Waals surface area contributed by atoms with Crippen LogP contribution >= 0.6 is 23.2 Å². The molecule has 0 aliphatic rings. The van der Waals surface area contributed by atoms with Crippen molar-refractivity contribution < 1.29 is 4.74 Å². The van der Waals surface area contributed by atoms with Gasteiger partial charge in [0.1, 0.15) is 0 Å². The molecule has 0 aromatic heterocycles. The first kappa shape index (κ1) is 15.6. The van der Waals surface area contributed by atoms with Crippen molar-refractivity contribution in [3.63, 3.8) is 0 Å². The Bertz CT molecular complexity index is 371. The minimum absolute atomic E-state index is 0.445. The van der Waals surface area contributed by atoms with Gasteiger partial charge in [0.25, 0.3) is 0 Å². The number of nitrogens with zero attached hydrogens (tertiary/aromatic N) is 1. The molecule has 0 amide bonds. The van der Waals surface area contributed by atoms with Gasteiger partial charge in [-0.3, -0.25) is 0 Å². The molecule has 0 spiro atoms. The summed E-state index contributed by atoms with van der Waals surface area (Å²) >= 11 is 12.0. The van der Waals surface area contributed by atoms with Crippen LogP contribution in [0.5, 0.6) is 0 Å². The van der Waals surface area contributed by atoms with Crippen molar-refractivity contribution in [3.05, 3.63) is 28.8 Å². The van der Waals surface area contributed by atoms with Crippen molar-refractivity contribution in [2.45, 2.75) is 32.2 Å². The minimum atomic E-state index is 0.445. The third-order valence-electron chi connectivity index (χ3n) is 3.17. The molecule has 0 saturated heterocycles. The second-order valence-electron chi connectivity index (χ2n) is 4.35. The van der Waals surface area contributed by atoms with Crippen molar-refractivity contribution >= 4 is 28.9 Å². The summed E-state index contributed by atoms with van der Waals surface area (Å²) in [6.45, 7) is 5.96. The van der Waals surface area contributed by atoms with Crippen molar-refractivity contribution in [2.75, 3.05) is 25.2 Å². The summed E-state index contributed by atoms with van der Waals surface area (Å²) in [4.78, 5) is 2.31. The fourth-order valence-corrected chi connectivity index (χ4v) is 2.38. The van der Waals surface area contributed by atoms with E-state index in [1.807, 2.05) is 12.1 Å². The van der Waals surface area contributed by atoms with Crippen LogP contribution in [-0.2, 0) is 10.6 Å². The maximum Gasteiger partial charge on any atom is 0.0637 e. The molecular formula is C14H21Cl2NO. The lowest BCUT2D eigenvalue weighted by molar-refractivity contribution is 0.203. The number of halogens is 2. The summed E-state index contributed by atoms with van der Waals surface area (Å²) in [6.07, 6.45) is 1.08. The van der Waals surface area contributed by atoms with Gasteiger partial charge in [0.2, 0.25) is 0 Å². The van der Waals surface area contributed by atoms with Gasteiger partial charge in [0.15, 0.2) is 0 Å². The smallest absolute Gasteiger partial charge is 0.0637 e. The first-order chi connectivity index (χ1) is 8.63. The number of methoxy groups -OCH3 is 1. The number of rotatable bonds is 7. The third kappa shape index (κ3) is 4.04. The van der Waals surface area contributed by atoms with Crippen LogP contribution in [0, 0.1) is 0 Å². The Hall–Kier alpha value is -0.440. The number of alkyl halides is 1. The zero-order chi connectivity index (χ0) is 13.5. The van der Waals surface area contributed by atoms with Crippen LogP contribution in [0.3, 0.4) is 0 Å². The molecule has 0 aliphatic carbocycles. The maximum absolute atomic E-state index is 6.21. The van der Waals surface area contributed by atoms with Crippen molar-refractivity contribution in [2.24, 2.45) is 0 Å². The van der Waals surface area contributed by atoms with Gasteiger partial charge >= 0.3 is 0 Å². The minimum Gasteiger partial charge on any atom is -0.383 e. The van der Waals surface area contributed by atoms with E-state index in [4.69, 9.17) is 27.9 Å². The molecule has 4 heteroatoms. The van der Waals surface area contributed by atoms with E-state index in [0.29, 0.717) is 18.5 Å². The molecule has 0 N–H and O–H groups in total. The average molecular weight is 290 g/mol. The Balaban J connectivity index is 2.93. The normalized spacial score (nSPS) is 12.5. The van der Waals surface area contributed by atoms with E-state index in [-0.39, 0.29) is 0 Å². The van der Waals surface area contributed by atoms with E-state index >= 15 is 0 Å². The molecule has 0 heterocycles. The Morgan fingerprint density at radius 3 is 2.61 bits per heavy atom. The molecular weight excluding hydrogens is 269 g/mol. The van der Waals surface area contributed by atoms with Crippen LogP contribution in [0.25, 0.3) is 0 Å². The molecule has 1 unspecified atom stereocenters. The van der Waals surface area contributed by atoms with E-state index in [2.05, 4.69) is 24.8 Å². The fraction of sp³-hybridized carbons (Fsp3) is 0.571. The summed E-state index contributed by atoms with van der Waals surface area (Å²) in [5, 5.41) is 0.730. The molecule has 0 saturated carbocycles. The second-order valence-corrected chi connectivity index (χ2v) is 5.03. The lowest BCUT2D eigenvalue weighted by Gasteiger charge is -2.31. The van der Waals surface area contributed by atoms with Gasteiger partial charge in [0.05, 0.1) is 6.61 Å². The van der Waals surface area contributed by atoms with Gasteiger partial charge in [-0.05, 0) is 31.0 Å². The predicted octanol–water partition coefficient (Wildman–Crippen LogP) is 4.33. The van der Waals surface area contributed by atoms with Crippen LogP contribution in [0.4, 0.5) is 5.69 Å². The molecule has 102 valence electrons. The zero-order valence-electron chi connectivity index (χ0n) is 11.2. The van der Waals surface area contributed by atoms with Crippen LogP contribution in [0.15, 0.2) is 18.2 Å². The number of ether oxygens (including phenoxy) is 1. The molecule has 2 nitrogen and oxygen atoms in total. The Morgan fingerprint density at radius 1 is 1.39 bits per heavy atom. The quantitative estimate of drug-likeness (QED) is 0.693. The molecule has 18 heavy (non-hydrogen) atoms. The predicted molar refractivity (Wildman–Crippen MR) is 80.0 cm³/mol. The first-order valence-electron chi connectivity index (χ1n) is 6.24. The Kier molecular flexibility index (Phi) is 6.83. The monoisotopic (exact) mass is 289 g/mol. The highest BCUT2D eigenvalue weighted by Crippen LogP contribution is 2.26. The van der Waals surface area contributed by atoms with Gasteiger partial charge < -0.3 is 9.64 Å². The van der Waals surface area contributed by atoms with Gasteiger partial charge in [-0.25, -0.2) is 0 Å². The summed E-state index contributed by atoms with van der Waals surface area (Å²) in [7, 11) is 1.72. The van der Waals surface area contributed by atoms with Crippen molar-refractivity contribution in [1.82, 2.24) is 0 Å². The SMILES string of the molecule is CCC(C)N(CCOC)c1ccc(CCl)c(Cl)c1. The van der Waals surface area contributed by atoms with Crippen LogP contribution in [0.2, 0.25) is 5.02 Å². The highest BCUT2D eigenvalue weighted by atomic mass is 35.5. The summed E-state index contributed by atoms with van der Waals surface area (Å²) in [5.74, 6) is 0.445. The number of hydrogen-bond acceptors (Lipinski definition) is 2. The molecule has 0 bridgehead atoms. The van der Waals surface area contributed by atoms with E-state index < -0.39 is 0 Å². The van der Waals surface area contributed by atoms with Crippen LogP contribution < -0.4 is 4.90 Å². The second kappa shape index (κ2) is 7.88. The Labute approximate surface area is 120 Å². The highest BCUT2D eigenvalue weighted by molar-refractivity contribution is 6.32. The van der Waals surface area contributed by atoms with Gasteiger partial charge in [-0.1, -0.05) is 24.6 Å². The van der Waals surface area contributed by atoms with E-state index in [0.717, 1.165) is 29.2 Å². The number of benzene rings is 1. The average Bonchev–Trinajstić information content (AvgIpc) is 2.39. The van der Waals surface area contributed by atoms with Crippen LogP contribution in [0.1, 0.15) is 25.8 Å². The molecule has 0 fully saturated rings. The van der Waals surface area contributed by atoms with Gasteiger partial charge in [0, 0.05) is 36.3 Å². The molecule has 0 radical (unpaired) electrons. The zero-order valence-corrected chi connectivity index (χ0v) is 12.8. The van der Waals surface area contributed by atoms with Gasteiger partial charge in [-0.15, -0.1) is 11.6 Å². The number of anilines is 1. The third-order valence-corrected chi connectivity index (χ3v) is 3.81. The molecule has 1 rings (SSSR count). The van der Waals surface area contributed by atoms with Crippen molar-refractivity contribution in [1.29, 1.82) is 0 Å². The maximum atomic E-state index is 6.21. The molecule has 1 atom stereocenters. The molecule has 0 aliphatic heterocycles. The number of hydrogen-bond donors (Lipinski definition) is 0. The lowest BCUT2D eigenvalue weighted by Crippen LogP contribution is -2.35. The van der Waals surface area contributed by atoms with E-state index in [1.165, 1.54) is 0 Å². The summed E-state index contributed by atoms with van der Waals surface area (Å²) < 4.78 is 5.17. The molecule has 1 aromatic rings. The van der Waals surface area contributed by atoms with E-state index in [9.17, 15) is 0 Å². The Morgan fingerprint density at radius 2 is 2.11 bits per heavy atom. The fourth-order valence-electron chi connectivity index (χ4n) is 1.84. The summed E-state index contributed by atoms with van der Waals surface area (Å²) in [5.41, 5.74) is 2.10. The van der Waals surface area contributed by atoms with Crippen molar-refractivity contribution in [3.8, 4) is 0 Å².